The number of alkyl halides is 1. The highest BCUT2D eigenvalue weighted by Crippen LogP contribution is 2.20. The van der Waals surface area contributed by atoms with E-state index in [9.17, 15) is 4.79 Å². The van der Waals surface area contributed by atoms with Crippen molar-refractivity contribution >= 4 is 21.8 Å². The number of hydrogen-bond donors (Lipinski definition) is 1. The first-order valence-corrected chi connectivity index (χ1v) is 6.84. The molecule has 0 radical (unpaired) electrons. The highest BCUT2D eigenvalue weighted by molar-refractivity contribution is 9.09. The second kappa shape index (κ2) is 6.15. The van der Waals surface area contributed by atoms with E-state index in [0.29, 0.717) is 12.2 Å². The average Bonchev–Trinajstić information content (AvgIpc) is 2.26. The van der Waals surface area contributed by atoms with E-state index in [1.165, 1.54) is 0 Å². The molecule has 1 rings (SSSR count). The van der Waals surface area contributed by atoms with Gasteiger partial charge in [0.15, 0.2) is 0 Å². The minimum Gasteiger partial charge on any atom is -0.350 e. The molecule has 17 heavy (non-hydrogen) atoms. The lowest BCUT2D eigenvalue weighted by Gasteiger charge is -2.23. The van der Waals surface area contributed by atoms with Crippen molar-refractivity contribution in [2.45, 2.75) is 27.2 Å². The van der Waals surface area contributed by atoms with Crippen molar-refractivity contribution in [3.05, 3.63) is 29.6 Å². The van der Waals surface area contributed by atoms with Crippen LogP contribution in [0.4, 0.5) is 0 Å². The van der Waals surface area contributed by atoms with Crippen molar-refractivity contribution in [3.63, 3.8) is 0 Å². The molecular formula is C13H19BrN2O. The number of amides is 1. The van der Waals surface area contributed by atoms with E-state index < -0.39 is 0 Å². The summed E-state index contributed by atoms with van der Waals surface area (Å²) in [7, 11) is 0. The SMILES string of the molecule is Cc1cccc(C(=O)NCC(C)(C)CCBr)n1. The van der Waals surface area contributed by atoms with Gasteiger partial charge < -0.3 is 5.32 Å². The molecule has 0 aliphatic heterocycles. The van der Waals surface area contributed by atoms with Crippen LogP contribution in [0.1, 0.15) is 36.5 Å². The Bertz CT molecular complexity index is 391. The molecule has 0 saturated heterocycles. The molecule has 0 aromatic carbocycles. The van der Waals surface area contributed by atoms with Crippen molar-refractivity contribution in [3.8, 4) is 0 Å². The number of hydrogen-bond acceptors (Lipinski definition) is 2. The third-order valence-electron chi connectivity index (χ3n) is 2.62. The zero-order valence-corrected chi connectivity index (χ0v) is 12.2. The molecular weight excluding hydrogens is 280 g/mol. The summed E-state index contributed by atoms with van der Waals surface area (Å²) < 4.78 is 0. The van der Waals surface area contributed by atoms with E-state index in [1.54, 1.807) is 6.07 Å². The molecule has 1 heterocycles. The second-order valence-electron chi connectivity index (χ2n) is 4.95. The Kier molecular flexibility index (Phi) is 5.12. The summed E-state index contributed by atoms with van der Waals surface area (Å²) in [5.41, 5.74) is 1.44. The van der Waals surface area contributed by atoms with Gasteiger partial charge in [-0.2, -0.15) is 0 Å². The molecule has 3 nitrogen and oxygen atoms in total. The predicted octanol–water partition coefficient (Wildman–Crippen LogP) is 2.93. The number of pyridine rings is 1. The van der Waals surface area contributed by atoms with Gasteiger partial charge in [-0.25, -0.2) is 4.98 Å². The maximum Gasteiger partial charge on any atom is 0.269 e. The quantitative estimate of drug-likeness (QED) is 0.849. The molecule has 0 aliphatic rings. The topological polar surface area (TPSA) is 42.0 Å². The van der Waals surface area contributed by atoms with Crippen molar-refractivity contribution in [2.24, 2.45) is 5.41 Å². The van der Waals surface area contributed by atoms with Crippen LogP contribution in [0.15, 0.2) is 18.2 Å². The minimum atomic E-state index is -0.101. The minimum absolute atomic E-state index is 0.100. The van der Waals surface area contributed by atoms with E-state index in [2.05, 4.69) is 40.1 Å². The first-order chi connectivity index (χ1) is 7.94. The molecule has 4 heteroatoms. The van der Waals surface area contributed by atoms with E-state index >= 15 is 0 Å². The summed E-state index contributed by atoms with van der Waals surface area (Å²) in [4.78, 5) is 16.1. The number of carbonyl (C=O) groups excluding carboxylic acids is 1. The maximum absolute atomic E-state index is 11.9. The van der Waals surface area contributed by atoms with Gasteiger partial charge in [0.05, 0.1) is 0 Å². The van der Waals surface area contributed by atoms with E-state index in [1.807, 2.05) is 19.1 Å². The van der Waals surface area contributed by atoms with Gasteiger partial charge >= 0.3 is 0 Å². The molecule has 0 atom stereocenters. The molecule has 0 unspecified atom stereocenters. The lowest BCUT2D eigenvalue weighted by atomic mass is 9.90. The predicted molar refractivity (Wildman–Crippen MR) is 73.5 cm³/mol. The fourth-order valence-electron chi connectivity index (χ4n) is 1.42. The molecule has 0 spiro atoms. The van der Waals surface area contributed by atoms with Crippen LogP contribution >= 0.6 is 15.9 Å². The van der Waals surface area contributed by atoms with Gasteiger partial charge in [0, 0.05) is 17.6 Å². The maximum atomic E-state index is 11.9. The molecule has 1 N–H and O–H groups in total. The summed E-state index contributed by atoms with van der Waals surface area (Å²) >= 11 is 3.42. The number of nitrogens with zero attached hydrogens (tertiary/aromatic N) is 1. The van der Waals surface area contributed by atoms with Crippen LogP contribution in [0.3, 0.4) is 0 Å². The van der Waals surface area contributed by atoms with E-state index in [-0.39, 0.29) is 11.3 Å². The van der Waals surface area contributed by atoms with Crippen molar-refractivity contribution in [2.75, 3.05) is 11.9 Å². The van der Waals surface area contributed by atoms with Crippen LogP contribution in [0.25, 0.3) is 0 Å². The molecule has 0 aliphatic carbocycles. The summed E-state index contributed by atoms with van der Waals surface area (Å²) in [6, 6.07) is 5.46. The van der Waals surface area contributed by atoms with Crippen LogP contribution in [-0.2, 0) is 0 Å². The standard InChI is InChI=1S/C13H19BrN2O/c1-10-5-4-6-11(16-10)12(17)15-9-13(2,3)7-8-14/h4-6H,7-9H2,1-3H3,(H,15,17). The Morgan fingerprint density at radius 3 is 2.76 bits per heavy atom. The summed E-state index contributed by atoms with van der Waals surface area (Å²) in [6.07, 6.45) is 1.02. The summed E-state index contributed by atoms with van der Waals surface area (Å²) in [5, 5.41) is 3.87. The number of aromatic nitrogens is 1. The number of halogens is 1. The van der Waals surface area contributed by atoms with Crippen LogP contribution < -0.4 is 5.32 Å². The van der Waals surface area contributed by atoms with Gasteiger partial charge in [-0.1, -0.05) is 35.8 Å². The van der Waals surface area contributed by atoms with Crippen LogP contribution in [-0.4, -0.2) is 22.8 Å². The van der Waals surface area contributed by atoms with Gasteiger partial charge in [-0.05, 0) is 30.9 Å². The van der Waals surface area contributed by atoms with Crippen LogP contribution in [0.5, 0.6) is 0 Å². The van der Waals surface area contributed by atoms with Crippen LogP contribution in [0, 0.1) is 12.3 Å². The first-order valence-electron chi connectivity index (χ1n) is 5.72. The van der Waals surface area contributed by atoms with Crippen molar-refractivity contribution in [1.82, 2.24) is 10.3 Å². The number of aryl methyl sites for hydroxylation is 1. The Morgan fingerprint density at radius 1 is 1.47 bits per heavy atom. The third-order valence-corrected chi connectivity index (χ3v) is 3.02. The molecule has 0 bridgehead atoms. The number of nitrogens with one attached hydrogen (secondary N) is 1. The fourth-order valence-corrected chi connectivity index (χ4v) is 2.50. The average molecular weight is 299 g/mol. The largest absolute Gasteiger partial charge is 0.350 e. The first kappa shape index (κ1) is 14.2. The Labute approximate surface area is 111 Å². The summed E-state index contributed by atoms with van der Waals surface area (Å²) in [5.74, 6) is -0.101. The van der Waals surface area contributed by atoms with Gasteiger partial charge in [-0.3, -0.25) is 4.79 Å². The molecule has 1 aromatic heterocycles. The zero-order chi connectivity index (χ0) is 12.9. The van der Waals surface area contributed by atoms with Gasteiger partial charge in [0.25, 0.3) is 5.91 Å². The van der Waals surface area contributed by atoms with Gasteiger partial charge in [0.1, 0.15) is 5.69 Å². The monoisotopic (exact) mass is 298 g/mol. The molecule has 0 saturated carbocycles. The van der Waals surface area contributed by atoms with Gasteiger partial charge in [-0.15, -0.1) is 0 Å². The number of carbonyl (C=O) groups is 1. The smallest absolute Gasteiger partial charge is 0.269 e. The highest BCUT2D eigenvalue weighted by atomic mass is 79.9. The Hall–Kier alpha value is -0.900. The van der Waals surface area contributed by atoms with Crippen molar-refractivity contribution < 1.29 is 4.79 Å². The van der Waals surface area contributed by atoms with Crippen LogP contribution in [0.2, 0.25) is 0 Å². The zero-order valence-electron chi connectivity index (χ0n) is 10.6. The van der Waals surface area contributed by atoms with E-state index in [4.69, 9.17) is 0 Å². The third kappa shape index (κ3) is 4.86. The Morgan fingerprint density at radius 2 is 2.18 bits per heavy atom. The lowest BCUT2D eigenvalue weighted by Crippen LogP contribution is -2.34. The highest BCUT2D eigenvalue weighted by Gasteiger charge is 2.18. The molecule has 0 fully saturated rings. The van der Waals surface area contributed by atoms with E-state index in [0.717, 1.165) is 17.4 Å². The normalized spacial score (nSPS) is 11.3. The molecule has 1 aromatic rings. The Balaban J connectivity index is 2.56. The number of rotatable bonds is 5. The molecule has 94 valence electrons. The summed E-state index contributed by atoms with van der Waals surface area (Å²) in [6.45, 7) is 6.81. The lowest BCUT2D eigenvalue weighted by molar-refractivity contribution is 0.0931. The van der Waals surface area contributed by atoms with Gasteiger partial charge in [0.2, 0.25) is 0 Å². The fraction of sp³-hybridized carbons (Fsp3) is 0.538. The molecule has 1 amide bonds. The van der Waals surface area contributed by atoms with Crippen molar-refractivity contribution in [1.29, 1.82) is 0 Å². The second-order valence-corrected chi connectivity index (χ2v) is 5.74.